The highest BCUT2D eigenvalue weighted by molar-refractivity contribution is 7.80. The van der Waals surface area contributed by atoms with Gasteiger partial charge in [0.1, 0.15) is 0 Å². The van der Waals surface area contributed by atoms with Crippen LogP contribution in [0, 0.1) is 25.5 Å². The smallest absolute Gasteiger partial charge is 0.255 e. The SMILES string of the molecule is CC1=C(C(=O)Nc2cccc(C)c2C)[C@H](c2ccc(F)c(F)c2)NC(=S)N1. The number of aryl methyl sites for hydroxylation is 1. The van der Waals surface area contributed by atoms with E-state index in [4.69, 9.17) is 12.2 Å². The number of rotatable bonds is 3. The predicted octanol–water partition coefficient (Wildman–Crippen LogP) is 4.01. The summed E-state index contributed by atoms with van der Waals surface area (Å²) in [5.74, 6) is -2.28. The number of carbonyl (C=O) groups excluding carboxylic acids is 1. The molecule has 1 aliphatic heterocycles. The third-order valence-electron chi connectivity index (χ3n) is 4.64. The molecule has 1 heterocycles. The van der Waals surface area contributed by atoms with Crippen molar-refractivity contribution >= 4 is 28.9 Å². The molecule has 1 amide bonds. The molecule has 7 heteroatoms. The van der Waals surface area contributed by atoms with Gasteiger partial charge in [-0.2, -0.15) is 0 Å². The van der Waals surface area contributed by atoms with Crippen molar-refractivity contribution in [2.75, 3.05) is 5.32 Å². The van der Waals surface area contributed by atoms with Gasteiger partial charge < -0.3 is 16.0 Å². The Morgan fingerprint density at radius 3 is 2.56 bits per heavy atom. The van der Waals surface area contributed by atoms with E-state index in [1.165, 1.54) is 6.07 Å². The lowest BCUT2D eigenvalue weighted by Crippen LogP contribution is -2.45. The molecule has 0 spiro atoms. The lowest BCUT2D eigenvalue weighted by atomic mass is 9.94. The third kappa shape index (κ3) is 3.83. The van der Waals surface area contributed by atoms with Crippen molar-refractivity contribution in [3.63, 3.8) is 0 Å². The topological polar surface area (TPSA) is 53.2 Å². The standard InChI is InChI=1S/C20H19F2N3OS/c1-10-5-4-6-16(11(10)2)24-19(26)17-12(3)23-20(27)25-18(17)13-7-8-14(21)15(22)9-13/h4-9,18H,1-3H3,(H,24,26)(H2,23,25,27)/t18-/m0/s1. The maximum Gasteiger partial charge on any atom is 0.255 e. The molecule has 0 aliphatic carbocycles. The normalized spacial score (nSPS) is 16.6. The number of amides is 1. The first-order valence-electron chi connectivity index (χ1n) is 8.38. The molecule has 3 N–H and O–H groups in total. The van der Waals surface area contributed by atoms with E-state index in [1.54, 1.807) is 6.92 Å². The Balaban J connectivity index is 1.99. The van der Waals surface area contributed by atoms with E-state index in [2.05, 4.69) is 16.0 Å². The maximum atomic E-state index is 13.7. The van der Waals surface area contributed by atoms with Crippen LogP contribution in [0.2, 0.25) is 0 Å². The second-order valence-electron chi connectivity index (χ2n) is 6.45. The molecule has 3 rings (SSSR count). The minimum atomic E-state index is -0.981. The fourth-order valence-corrected chi connectivity index (χ4v) is 3.28. The number of anilines is 1. The second kappa shape index (κ2) is 7.44. The van der Waals surface area contributed by atoms with Crippen LogP contribution in [0.5, 0.6) is 0 Å². The van der Waals surface area contributed by atoms with E-state index in [1.807, 2.05) is 32.0 Å². The van der Waals surface area contributed by atoms with Crippen LogP contribution < -0.4 is 16.0 Å². The van der Waals surface area contributed by atoms with Gasteiger partial charge in [-0.05, 0) is 67.9 Å². The van der Waals surface area contributed by atoms with Crippen LogP contribution >= 0.6 is 12.2 Å². The molecule has 1 aliphatic rings. The molecule has 0 saturated carbocycles. The molecule has 4 nitrogen and oxygen atoms in total. The Bertz CT molecular complexity index is 972. The molecule has 140 valence electrons. The van der Waals surface area contributed by atoms with Gasteiger partial charge in [0, 0.05) is 11.4 Å². The molecule has 2 aromatic carbocycles. The Labute approximate surface area is 161 Å². The van der Waals surface area contributed by atoms with Gasteiger partial charge >= 0.3 is 0 Å². The van der Waals surface area contributed by atoms with Crippen molar-refractivity contribution in [1.29, 1.82) is 0 Å². The number of hydrogen-bond donors (Lipinski definition) is 3. The number of carbonyl (C=O) groups is 1. The zero-order chi connectivity index (χ0) is 19.7. The molecule has 0 radical (unpaired) electrons. The summed E-state index contributed by atoms with van der Waals surface area (Å²) < 4.78 is 27.1. The van der Waals surface area contributed by atoms with Crippen LogP contribution in [0.15, 0.2) is 47.7 Å². The van der Waals surface area contributed by atoms with E-state index in [0.29, 0.717) is 27.6 Å². The highest BCUT2D eigenvalue weighted by atomic mass is 32.1. The molecule has 0 saturated heterocycles. The number of nitrogens with one attached hydrogen (secondary N) is 3. The Hall–Kier alpha value is -2.80. The molecule has 27 heavy (non-hydrogen) atoms. The van der Waals surface area contributed by atoms with Crippen molar-refractivity contribution in [2.45, 2.75) is 26.8 Å². The van der Waals surface area contributed by atoms with Crippen LogP contribution in [0.4, 0.5) is 14.5 Å². The maximum absolute atomic E-state index is 13.7. The van der Waals surface area contributed by atoms with Gasteiger partial charge in [-0.25, -0.2) is 8.78 Å². The highest BCUT2D eigenvalue weighted by Crippen LogP contribution is 2.29. The quantitative estimate of drug-likeness (QED) is 0.697. The zero-order valence-corrected chi connectivity index (χ0v) is 15.9. The molecule has 1 atom stereocenters. The number of thiocarbonyl (C=S) groups is 1. The lowest BCUT2D eigenvalue weighted by Gasteiger charge is -2.30. The summed E-state index contributed by atoms with van der Waals surface area (Å²) in [6, 6.07) is 8.48. The van der Waals surface area contributed by atoms with Gasteiger partial charge in [0.15, 0.2) is 16.7 Å². The number of benzene rings is 2. The van der Waals surface area contributed by atoms with E-state index < -0.39 is 17.7 Å². The third-order valence-corrected chi connectivity index (χ3v) is 4.86. The van der Waals surface area contributed by atoms with Gasteiger partial charge in [-0.3, -0.25) is 4.79 Å². The summed E-state index contributed by atoms with van der Waals surface area (Å²) in [6.07, 6.45) is 0. The highest BCUT2D eigenvalue weighted by Gasteiger charge is 2.30. The summed E-state index contributed by atoms with van der Waals surface area (Å²) in [5.41, 5.74) is 4.02. The van der Waals surface area contributed by atoms with E-state index >= 15 is 0 Å². The van der Waals surface area contributed by atoms with Crippen LogP contribution in [0.25, 0.3) is 0 Å². The second-order valence-corrected chi connectivity index (χ2v) is 6.85. The first-order chi connectivity index (χ1) is 12.8. The fraction of sp³-hybridized carbons (Fsp3) is 0.200. The van der Waals surface area contributed by atoms with Crippen LogP contribution in [-0.2, 0) is 4.79 Å². The van der Waals surface area contributed by atoms with Crippen molar-refractivity contribution in [2.24, 2.45) is 0 Å². The van der Waals surface area contributed by atoms with Gasteiger partial charge in [-0.1, -0.05) is 18.2 Å². The molecule has 2 aromatic rings. The molecular weight excluding hydrogens is 368 g/mol. The van der Waals surface area contributed by atoms with Crippen molar-refractivity contribution < 1.29 is 13.6 Å². The minimum absolute atomic E-state index is 0.311. The summed E-state index contributed by atoms with van der Waals surface area (Å²) in [5, 5.41) is 9.10. The number of halogens is 2. The van der Waals surface area contributed by atoms with E-state index in [0.717, 1.165) is 23.3 Å². The average Bonchev–Trinajstić information content (AvgIpc) is 2.60. The summed E-state index contributed by atoms with van der Waals surface area (Å²) in [6.45, 7) is 5.60. The largest absolute Gasteiger partial charge is 0.351 e. The monoisotopic (exact) mass is 387 g/mol. The minimum Gasteiger partial charge on any atom is -0.351 e. The summed E-state index contributed by atoms with van der Waals surface area (Å²) in [7, 11) is 0. The lowest BCUT2D eigenvalue weighted by molar-refractivity contribution is -0.113. The van der Waals surface area contributed by atoms with Crippen molar-refractivity contribution in [3.8, 4) is 0 Å². The Morgan fingerprint density at radius 1 is 1.11 bits per heavy atom. The van der Waals surface area contributed by atoms with Crippen LogP contribution in [0.1, 0.15) is 29.7 Å². The molecule has 0 aromatic heterocycles. The van der Waals surface area contributed by atoms with Crippen molar-refractivity contribution in [3.05, 3.63) is 76.0 Å². The Morgan fingerprint density at radius 2 is 1.85 bits per heavy atom. The van der Waals surface area contributed by atoms with Crippen LogP contribution in [0.3, 0.4) is 0 Å². The summed E-state index contributed by atoms with van der Waals surface area (Å²) in [4.78, 5) is 13.0. The first kappa shape index (κ1) is 19.0. The Kier molecular flexibility index (Phi) is 5.23. The number of hydrogen-bond acceptors (Lipinski definition) is 2. The van der Waals surface area contributed by atoms with E-state index in [9.17, 15) is 13.6 Å². The van der Waals surface area contributed by atoms with Gasteiger partial charge in [-0.15, -0.1) is 0 Å². The fourth-order valence-electron chi connectivity index (χ4n) is 3.01. The van der Waals surface area contributed by atoms with Gasteiger partial charge in [0.05, 0.1) is 11.6 Å². The first-order valence-corrected chi connectivity index (χ1v) is 8.79. The van der Waals surface area contributed by atoms with Crippen molar-refractivity contribution in [1.82, 2.24) is 10.6 Å². The van der Waals surface area contributed by atoms with Gasteiger partial charge in [0.25, 0.3) is 5.91 Å². The molecule has 0 fully saturated rings. The van der Waals surface area contributed by atoms with Gasteiger partial charge in [0.2, 0.25) is 0 Å². The zero-order valence-electron chi connectivity index (χ0n) is 15.1. The average molecular weight is 387 g/mol. The van der Waals surface area contributed by atoms with Crippen LogP contribution in [-0.4, -0.2) is 11.0 Å². The molecule has 0 unspecified atom stereocenters. The van der Waals surface area contributed by atoms with E-state index in [-0.39, 0.29) is 5.91 Å². The predicted molar refractivity (Wildman–Crippen MR) is 105 cm³/mol. The number of allylic oxidation sites excluding steroid dienone is 1. The molecule has 0 bridgehead atoms. The molecular formula is C20H19F2N3OS. The summed E-state index contributed by atoms with van der Waals surface area (Å²) >= 11 is 5.17.